The van der Waals surface area contributed by atoms with Gasteiger partial charge in [0.15, 0.2) is 16.6 Å². The van der Waals surface area contributed by atoms with E-state index in [2.05, 4.69) is 39.3 Å². The number of hydrogen-bond donors (Lipinski definition) is 0. The molecule has 0 N–H and O–H groups in total. The van der Waals surface area contributed by atoms with Crippen LogP contribution in [0.15, 0.2) is 0 Å². The first-order valence-electron chi connectivity index (χ1n) is 6.06. The SMILES string of the molecule is C[Si](C)(C)OCCSS(=O)(=O)CCO[Si](C)(C)C. The van der Waals surface area contributed by atoms with Gasteiger partial charge < -0.3 is 8.85 Å². The molecule has 0 fully saturated rings. The van der Waals surface area contributed by atoms with Gasteiger partial charge in [0.1, 0.15) is 0 Å². The maximum absolute atomic E-state index is 11.7. The van der Waals surface area contributed by atoms with Gasteiger partial charge in [-0.05, 0) is 50.1 Å². The number of hydrogen-bond acceptors (Lipinski definition) is 5. The molecule has 0 amide bonds. The molecule has 0 aliphatic rings. The molecule has 0 saturated carbocycles. The Morgan fingerprint density at radius 2 is 1.33 bits per heavy atom. The van der Waals surface area contributed by atoms with E-state index in [0.717, 1.165) is 10.8 Å². The van der Waals surface area contributed by atoms with Crippen molar-refractivity contribution in [1.82, 2.24) is 0 Å². The second-order valence-corrected chi connectivity index (χ2v) is 19.4. The van der Waals surface area contributed by atoms with Crippen LogP contribution in [0.1, 0.15) is 0 Å². The van der Waals surface area contributed by atoms with Crippen LogP contribution in [0.5, 0.6) is 0 Å². The van der Waals surface area contributed by atoms with Crippen molar-refractivity contribution in [1.29, 1.82) is 0 Å². The van der Waals surface area contributed by atoms with Gasteiger partial charge in [-0.25, -0.2) is 8.42 Å². The summed E-state index contributed by atoms with van der Waals surface area (Å²) in [6, 6.07) is 0. The van der Waals surface area contributed by atoms with Crippen LogP contribution in [0.2, 0.25) is 39.3 Å². The quantitative estimate of drug-likeness (QED) is 0.370. The summed E-state index contributed by atoms with van der Waals surface area (Å²) in [5.74, 6) is 0.592. The van der Waals surface area contributed by atoms with Crippen LogP contribution in [0.4, 0.5) is 0 Å². The first-order chi connectivity index (χ1) is 7.91. The average molecular weight is 331 g/mol. The largest absolute Gasteiger partial charge is 0.417 e. The van der Waals surface area contributed by atoms with E-state index in [1.807, 2.05) is 0 Å². The Hall–Kier alpha value is 0.654. The highest BCUT2D eigenvalue weighted by Gasteiger charge is 2.18. The Kier molecular flexibility index (Phi) is 7.71. The lowest BCUT2D eigenvalue weighted by Crippen LogP contribution is -2.28. The molecular formula is C10H26O4S2Si2. The van der Waals surface area contributed by atoms with Crippen molar-refractivity contribution < 1.29 is 17.3 Å². The lowest BCUT2D eigenvalue weighted by atomic mass is 10.9. The molecule has 0 aromatic carbocycles. The van der Waals surface area contributed by atoms with Crippen LogP contribution in [0, 0.1) is 0 Å². The van der Waals surface area contributed by atoms with Gasteiger partial charge in [0.25, 0.3) is 0 Å². The van der Waals surface area contributed by atoms with E-state index in [-0.39, 0.29) is 5.75 Å². The summed E-state index contributed by atoms with van der Waals surface area (Å²) in [6.45, 7) is 13.2. The Balaban J connectivity index is 3.82. The van der Waals surface area contributed by atoms with Crippen LogP contribution in [0.3, 0.4) is 0 Å². The molecule has 0 aliphatic heterocycles. The molecule has 0 aromatic rings. The smallest absolute Gasteiger partial charge is 0.203 e. The van der Waals surface area contributed by atoms with Crippen molar-refractivity contribution in [3.63, 3.8) is 0 Å². The standard InChI is InChI=1S/C10H26O4S2Si2/c1-17(2,3)13-7-9-15-16(11,12)10-8-14-18(4,5)6/h7-10H2,1-6H3. The molecule has 0 aliphatic carbocycles. The molecule has 4 nitrogen and oxygen atoms in total. The summed E-state index contributed by atoms with van der Waals surface area (Å²) in [6.07, 6.45) is 0. The van der Waals surface area contributed by atoms with Gasteiger partial charge in [0.2, 0.25) is 8.87 Å². The van der Waals surface area contributed by atoms with Crippen LogP contribution in [-0.2, 0) is 17.7 Å². The van der Waals surface area contributed by atoms with Gasteiger partial charge in [0, 0.05) is 19.0 Å². The molecule has 0 atom stereocenters. The van der Waals surface area contributed by atoms with Crippen LogP contribution in [-0.4, -0.2) is 49.8 Å². The topological polar surface area (TPSA) is 52.6 Å². The molecule has 0 heterocycles. The summed E-state index contributed by atoms with van der Waals surface area (Å²) >= 11 is 0. The fourth-order valence-electron chi connectivity index (χ4n) is 1.02. The highest BCUT2D eigenvalue weighted by atomic mass is 33.1. The maximum atomic E-state index is 11.7. The summed E-state index contributed by atoms with van der Waals surface area (Å²) in [5, 5.41) is 0. The van der Waals surface area contributed by atoms with E-state index in [1.165, 1.54) is 0 Å². The molecule has 18 heavy (non-hydrogen) atoms. The van der Waals surface area contributed by atoms with E-state index in [1.54, 1.807) is 0 Å². The van der Waals surface area contributed by atoms with Gasteiger partial charge in [-0.3, -0.25) is 0 Å². The van der Waals surface area contributed by atoms with Gasteiger partial charge in [-0.15, -0.1) is 0 Å². The van der Waals surface area contributed by atoms with Crippen molar-refractivity contribution in [3.8, 4) is 0 Å². The van der Waals surface area contributed by atoms with Crippen molar-refractivity contribution >= 4 is 36.3 Å². The van der Waals surface area contributed by atoms with Crippen molar-refractivity contribution in [2.75, 3.05) is 24.7 Å². The van der Waals surface area contributed by atoms with Crippen LogP contribution < -0.4 is 0 Å². The van der Waals surface area contributed by atoms with E-state index in [9.17, 15) is 8.42 Å². The molecular weight excluding hydrogens is 304 g/mol. The molecule has 0 aromatic heterocycles. The van der Waals surface area contributed by atoms with Crippen LogP contribution >= 0.6 is 10.8 Å². The van der Waals surface area contributed by atoms with Gasteiger partial charge in [-0.1, -0.05) is 0 Å². The van der Waals surface area contributed by atoms with Gasteiger partial charge in [0.05, 0.1) is 5.75 Å². The Labute approximate surface area is 117 Å². The molecule has 8 heteroatoms. The lowest BCUT2D eigenvalue weighted by molar-refractivity contribution is 0.335. The highest BCUT2D eigenvalue weighted by Crippen LogP contribution is 2.15. The molecule has 0 radical (unpaired) electrons. The minimum absolute atomic E-state index is 0.0921. The zero-order valence-corrected chi connectivity index (χ0v) is 15.9. The summed E-state index contributed by atoms with van der Waals surface area (Å²) in [7, 11) is -5.24. The number of rotatable bonds is 9. The predicted octanol–water partition coefficient (Wildman–Crippen LogP) is 2.75. The van der Waals surface area contributed by atoms with E-state index < -0.39 is 25.5 Å². The third-order valence-electron chi connectivity index (χ3n) is 1.75. The minimum atomic E-state index is -3.07. The van der Waals surface area contributed by atoms with Gasteiger partial charge in [-0.2, -0.15) is 0 Å². The Morgan fingerprint density at radius 3 is 1.78 bits per heavy atom. The zero-order valence-electron chi connectivity index (χ0n) is 12.3. The predicted molar refractivity (Wildman–Crippen MR) is 84.8 cm³/mol. The molecule has 110 valence electrons. The van der Waals surface area contributed by atoms with Crippen molar-refractivity contribution in [2.45, 2.75) is 39.3 Å². The monoisotopic (exact) mass is 330 g/mol. The first kappa shape index (κ1) is 18.7. The highest BCUT2D eigenvalue weighted by molar-refractivity contribution is 8.72. The molecule has 0 rings (SSSR count). The van der Waals surface area contributed by atoms with E-state index in [4.69, 9.17) is 8.85 Å². The van der Waals surface area contributed by atoms with Crippen LogP contribution in [0.25, 0.3) is 0 Å². The second kappa shape index (κ2) is 7.44. The maximum Gasteiger partial charge on any atom is 0.203 e. The van der Waals surface area contributed by atoms with Crippen molar-refractivity contribution in [2.24, 2.45) is 0 Å². The summed E-state index contributed by atoms with van der Waals surface area (Å²) in [5.41, 5.74) is 0. The summed E-state index contributed by atoms with van der Waals surface area (Å²) < 4.78 is 34.6. The van der Waals surface area contributed by atoms with E-state index >= 15 is 0 Å². The van der Waals surface area contributed by atoms with E-state index in [0.29, 0.717) is 19.0 Å². The second-order valence-electron chi connectivity index (χ2n) is 6.01. The fourth-order valence-corrected chi connectivity index (χ4v) is 5.08. The third-order valence-corrected chi connectivity index (χ3v) is 7.33. The molecule has 0 spiro atoms. The first-order valence-corrected chi connectivity index (χ1v) is 16.0. The molecule has 0 bridgehead atoms. The fraction of sp³-hybridized carbons (Fsp3) is 1.00. The lowest BCUT2D eigenvalue weighted by Gasteiger charge is -2.18. The Bertz CT molecular complexity index is 331. The molecule has 0 unspecified atom stereocenters. The Morgan fingerprint density at radius 1 is 0.889 bits per heavy atom. The normalized spacial score (nSPS) is 13.9. The minimum Gasteiger partial charge on any atom is -0.417 e. The average Bonchev–Trinajstić information content (AvgIpc) is 2.08. The van der Waals surface area contributed by atoms with Crippen molar-refractivity contribution in [3.05, 3.63) is 0 Å². The third kappa shape index (κ3) is 13.1. The van der Waals surface area contributed by atoms with Gasteiger partial charge >= 0.3 is 0 Å². The summed E-state index contributed by atoms with van der Waals surface area (Å²) in [4.78, 5) is 0. The zero-order chi connectivity index (χ0) is 14.4. The molecule has 0 saturated heterocycles.